The summed E-state index contributed by atoms with van der Waals surface area (Å²) in [6.45, 7) is 8.51. The Bertz CT molecular complexity index is 1100. The van der Waals surface area contributed by atoms with Crippen molar-refractivity contribution >= 4 is 19.3 Å². The molecule has 0 unspecified atom stereocenters. The van der Waals surface area contributed by atoms with Crippen molar-refractivity contribution in [2.24, 2.45) is 28.6 Å². The van der Waals surface area contributed by atoms with Crippen LogP contribution in [-0.2, 0) is 23.2 Å². The molecule has 11 heteroatoms. The normalized spacial score (nSPS) is 42.5. The van der Waals surface area contributed by atoms with E-state index in [0.29, 0.717) is 0 Å². The summed E-state index contributed by atoms with van der Waals surface area (Å²) < 4.78 is 56.0. The zero-order chi connectivity index (χ0) is 28.3. The largest absolute Gasteiger partial charge is 0.390 e. The Kier molecular flexibility index (Phi) is 7.68. The van der Waals surface area contributed by atoms with E-state index in [1.165, 1.54) is 19.1 Å². The first-order chi connectivity index (χ1) is 17.6. The lowest BCUT2D eigenvalue weighted by atomic mass is 9.45. The first-order valence-corrected chi connectivity index (χ1v) is 15.2. The number of carbonyl (C=O) groups is 2. The highest BCUT2D eigenvalue weighted by Crippen LogP contribution is 2.71. The van der Waals surface area contributed by atoms with Gasteiger partial charge in [-0.25, -0.2) is 8.78 Å². The molecule has 0 aromatic carbocycles. The minimum absolute atomic E-state index is 0.0680. The quantitative estimate of drug-likeness (QED) is 0.384. The van der Waals surface area contributed by atoms with Crippen LogP contribution in [0.3, 0.4) is 0 Å². The van der Waals surface area contributed by atoms with Crippen LogP contribution in [-0.4, -0.2) is 65.2 Å². The second-order valence-electron chi connectivity index (χ2n) is 11.7. The average Bonchev–Trinajstić information content (AvgIpc) is 3.04. The third-order valence-corrected chi connectivity index (χ3v) is 12.0. The number of halogens is 2. The third kappa shape index (κ3) is 4.00. The van der Waals surface area contributed by atoms with Crippen LogP contribution in [0.5, 0.6) is 0 Å². The number of nitrogens with one attached hydrogen (secondary N) is 1. The van der Waals surface area contributed by atoms with E-state index >= 15 is 8.78 Å². The molecule has 38 heavy (non-hydrogen) atoms. The summed E-state index contributed by atoms with van der Waals surface area (Å²) in [5, 5.41) is 26.0. The lowest BCUT2D eigenvalue weighted by Crippen LogP contribution is -2.70. The minimum Gasteiger partial charge on any atom is -0.390 e. The number of hydrogen-bond acceptors (Lipinski definition) is 7. The highest BCUT2D eigenvalue weighted by Gasteiger charge is 2.76. The van der Waals surface area contributed by atoms with Crippen molar-refractivity contribution in [2.75, 3.05) is 25.9 Å². The Balaban J connectivity index is 1.64. The van der Waals surface area contributed by atoms with Crippen molar-refractivity contribution in [1.82, 2.24) is 5.32 Å². The van der Waals surface area contributed by atoms with Gasteiger partial charge in [-0.1, -0.05) is 19.9 Å². The fourth-order valence-electron chi connectivity index (χ4n) is 8.00. The number of allylic oxidation sites excluding steroid dienone is 4. The Morgan fingerprint density at radius 1 is 1.24 bits per heavy atom. The molecule has 1 amide bonds. The van der Waals surface area contributed by atoms with Gasteiger partial charge in [0.2, 0.25) is 0 Å². The first kappa shape index (κ1) is 29.5. The molecule has 2 fully saturated rings. The van der Waals surface area contributed by atoms with Gasteiger partial charge in [0.25, 0.3) is 5.91 Å². The number of amides is 1. The number of hydrogen-bond donors (Lipinski definition) is 3. The van der Waals surface area contributed by atoms with Gasteiger partial charge in [0, 0.05) is 36.1 Å². The number of alkyl halides is 1. The van der Waals surface area contributed by atoms with Crippen molar-refractivity contribution in [2.45, 2.75) is 77.7 Å². The molecule has 4 aliphatic carbocycles. The summed E-state index contributed by atoms with van der Waals surface area (Å²) in [7, 11) is -3.42. The number of rotatable bonds is 8. The highest BCUT2D eigenvalue weighted by atomic mass is 31.2. The highest BCUT2D eigenvalue weighted by molar-refractivity contribution is 7.53. The zero-order valence-corrected chi connectivity index (χ0v) is 23.7. The van der Waals surface area contributed by atoms with Gasteiger partial charge in [-0.2, -0.15) is 0 Å². The molecule has 0 aromatic heterocycles. The standard InChI is InChI=1S/C27H40F2NO7P/c1-6-36-38(35,37-7-2)11-10-30-23(33)27(34)16(3)12-18-19-14-21(28)20-13-17(31)8-9-24(20,4)26(19,29)22(32)15-25(18,27)5/h8-9,16,18-19,22,32,34H,6-7,10-15H2,1-5H3,(H,30,33)/t16-,18+,19+,22+,24+,25+,26+,27+/m1/s1. The second-order valence-corrected chi connectivity index (χ2v) is 13.9. The van der Waals surface area contributed by atoms with Gasteiger partial charge >= 0.3 is 7.60 Å². The van der Waals surface area contributed by atoms with Gasteiger partial charge in [0.15, 0.2) is 17.1 Å². The number of aliphatic hydroxyl groups excluding tert-OH is 1. The summed E-state index contributed by atoms with van der Waals surface area (Å²) in [5.41, 5.74) is -6.97. The van der Waals surface area contributed by atoms with Crippen molar-refractivity contribution in [3.63, 3.8) is 0 Å². The van der Waals surface area contributed by atoms with Crippen molar-refractivity contribution < 1.29 is 42.2 Å². The molecule has 0 aromatic rings. The summed E-state index contributed by atoms with van der Waals surface area (Å²) in [5.74, 6) is -3.84. The molecule has 0 radical (unpaired) electrons. The van der Waals surface area contributed by atoms with E-state index in [1.54, 1.807) is 27.7 Å². The molecule has 0 spiro atoms. The molecule has 0 saturated heterocycles. The number of aliphatic hydroxyl groups is 2. The minimum atomic E-state index is -3.42. The average molecular weight is 560 g/mol. The fraction of sp³-hybridized carbons (Fsp3) is 0.778. The Morgan fingerprint density at radius 3 is 2.47 bits per heavy atom. The number of fused-ring (bicyclic) bond motifs is 5. The number of ketones is 1. The van der Waals surface area contributed by atoms with Gasteiger partial charge < -0.3 is 24.6 Å². The van der Waals surface area contributed by atoms with Gasteiger partial charge in [0.1, 0.15) is 5.83 Å². The van der Waals surface area contributed by atoms with Crippen LogP contribution >= 0.6 is 7.60 Å². The van der Waals surface area contributed by atoms with Gasteiger partial charge in [-0.3, -0.25) is 14.2 Å². The maximum atomic E-state index is 17.2. The van der Waals surface area contributed by atoms with E-state index in [-0.39, 0.29) is 63.0 Å². The fourth-order valence-corrected chi connectivity index (χ4v) is 9.50. The molecule has 2 saturated carbocycles. The van der Waals surface area contributed by atoms with Crippen LogP contribution < -0.4 is 5.32 Å². The van der Waals surface area contributed by atoms with Crippen LogP contribution in [0.25, 0.3) is 0 Å². The molecular formula is C27H40F2NO7P. The van der Waals surface area contributed by atoms with E-state index in [4.69, 9.17) is 9.05 Å². The second kappa shape index (κ2) is 9.88. The summed E-state index contributed by atoms with van der Waals surface area (Å²) >= 11 is 0. The topological polar surface area (TPSA) is 122 Å². The van der Waals surface area contributed by atoms with Gasteiger partial charge in [0.05, 0.1) is 25.5 Å². The lowest BCUT2D eigenvalue weighted by Gasteiger charge is -2.62. The molecule has 4 rings (SSSR count). The SMILES string of the molecule is CCOP(=O)(CCNC(=O)[C@@]1(O)[C@H](C)C[C@H]2[C@@H]3CC(F)=C4CC(=O)C=C[C@]4(C)[C@@]3(F)[C@@H](O)C[C@@]21C)OCC. The van der Waals surface area contributed by atoms with E-state index in [0.717, 1.165) is 0 Å². The smallest absolute Gasteiger partial charge is 0.332 e. The predicted molar refractivity (Wildman–Crippen MR) is 137 cm³/mol. The summed E-state index contributed by atoms with van der Waals surface area (Å²) in [6, 6.07) is 0. The molecular weight excluding hydrogens is 519 g/mol. The predicted octanol–water partition coefficient (Wildman–Crippen LogP) is 4.01. The van der Waals surface area contributed by atoms with Gasteiger partial charge in [-0.05, 0) is 57.1 Å². The van der Waals surface area contributed by atoms with Crippen molar-refractivity contribution in [1.29, 1.82) is 0 Å². The maximum absolute atomic E-state index is 17.2. The van der Waals surface area contributed by atoms with E-state index < -0.39 is 65.3 Å². The summed E-state index contributed by atoms with van der Waals surface area (Å²) in [6.07, 6.45) is 0.413. The third-order valence-electron chi connectivity index (χ3n) is 9.91. The monoisotopic (exact) mass is 559 g/mol. The van der Waals surface area contributed by atoms with Crippen LogP contribution in [0.15, 0.2) is 23.6 Å². The van der Waals surface area contributed by atoms with Crippen molar-refractivity contribution in [3.8, 4) is 0 Å². The van der Waals surface area contributed by atoms with E-state index in [1.807, 2.05) is 0 Å². The molecule has 0 bridgehead atoms. The molecule has 0 heterocycles. The van der Waals surface area contributed by atoms with Crippen LogP contribution in [0.1, 0.15) is 60.3 Å². The van der Waals surface area contributed by atoms with Crippen LogP contribution in [0.2, 0.25) is 0 Å². The van der Waals surface area contributed by atoms with Crippen LogP contribution in [0.4, 0.5) is 8.78 Å². The maximum Gasteiger partial charge on any atom is 0.332 e. The lowest BCUT2D eigenvalue weighted by molar-refractivity contribution is -0.217. The van der Waals surface area contributed by atoms with E-state index in [2.05, 4.69) is 5.32 Å². The molecule has 214 valence electrons. The molecule has 4 aliphatic rings. The van der Waals surface area contributed by atoms with Crippen molar-refractivity contribution in [3.05, 3.63) is 23.6 Å². The van der Waals surface area contributed by atoms with Gasteiger partial charge in [-0.15, -0.1) is 0 Å². The number of carbonyl (C=O) groups excluding carboxylic acids is 2. The Morgan fingerprint density at radius 2 is 1.87 bits per heavy atom. The Hall–Kier alpha value is -1.45. The zero-order valence-electron chi connectivity index (χ0n) is 22.8. The van der Waals surface area contributed by atoms with E-state index in [9.17, 15) is 24.4 Å². The Labute approximate surface area is 222 Å². The molecule has 0 aliphatic heterocycles. The molecule has 8 atom stereocenters. The summed E-state index contributed by atoms with van der Waals surface area (Å²) in [4.78, 5) is 25.6. The first-order valence-electron chi connectivity index (χ1n) is 13.5. The van der Waals surface area contributed by atoms with Crippen LogP contribution in [0, 0.1) is 28.6 Å². The molecule has 8 nitrogen and oxygen atoms in total. The molecule has 3 N–H and O–H groups in total.